The van der Waals surface area contributed by atoms with Gasteiger partial charge in [-0.2, -0.15) is 0 Å². The van der Waals surface area contributed by atoms with Crippen molar-refractivity contribution in [3.8, 4) is 0 Å². The summed E-state index contributed by atoms with van der Waals surface area (Å²) in [4.78, 5) is 0.993. The zero-order chi connectivity index (χ0) is 8.27. The van der Waals surface area contributed by atoms with Gasteiger partial charge in [0.05, 0.1) is 0 Å². The van der Waals surface area contributed by atoms with Gasteiger partial charge in [0.1, 0.15) is 5.44 Å². The smallest absolute Gasteiger partial charge is 0.101 e. The highest BCUT2D eigenvalue weighted by atomic mass is 35.5. The van der Waals surface area contributed by atoms with Gasteiger partial charge in [0.25, 0.3) is 0 Å². The van der Waals surface area contributed by atoms with Crippen LogP contribution in [0.5, 0.6) is 0 Å². The summed E-state index contributed by atoms with van der Waals surface area (Å²) in [5.41, 5.74) is -0.381. The van der Waals surface area contributed by atoms with E-state index in [1.165, 1.54) is 11.8 Å². The van der Waals surface area contributed by atoms with E-state index in [0.717, 1.165) is 4.90 Å². The first-order chi connectivity index (χ1) is 5.18. The monoisotopic (exact) mass is 188 g/mol. The van der Waals surface area contributed by atoms with Gasteiger partial charge in [0.2, 0.25) is 0 Å². The Hall–Kier alpha value is -0.180. The molecule has 11 heavy (non-hydrogen) atoms. The number of hydrogen-bond acceptors (Lipinski definition) is 2. The second-order valence-corrected chi connectivity index (χ2v) is 4.00. The average molecular weight is 189 g/mol. The van der Waals surface area contributed by atoms with Crippen LogP contribution in [0.2, 0.25) is 5.02 Å². The first-order valence-electron chi connectivity index (χ1n) is 3.29. The Morgan fingerprint density at radius 3 is 2.82 bits per heavy atom. The third-order valence-electron chi connectivity index (χ3n) is 1.10. The number of aliphatic hydroxyl groups is 1. The quantitative estimate of drug-likeness (QED) is 0.569. The number of hydrogen-bond donors (Lipinski definition) is 1. The van der Waals surface area contributed by atoms with Gasteiger partial charge in [0, 0.05) is 9.92 Å². The summed E-state index contributed by atoms with van der Waals surface area (Å²) in [5, 5.41) is 9.72. The van der Waals surface area contributed by atoms with E-state index >= 15 is 0 Å². The molecule has 0 amide bonds. The van der Waals surface area contributed by atoms with Crippen molar-refractivity contribution in [3.05, 3.63) is 29.3 Å². The van der Waals surface area contributed by atoms with Gasteiger partial charge in [-0.15, -0.1) is 0 Å². The lowest BCUT2D eigenvalue weighted by atomic mass is 10.4. The third-order valence-corrected chi connectivity index (χ3v) is 2.21. The summed E-state index contributed by atoms with van der Waals surface area (Å²) >= 11 is 7.12. The lowest BCUT2D eigenvalue weighted by Crippen LogP contribution is -1.90. The van der Waals surface area contributed by atoms with Crippen LogP contribution >= 0.6 is 23.4 Å². The van der Waals surface area contributed by atoms with Crippen molar-refractivity contribution in [2.24, 2.45) is 0 Å². The van der Waals surface area contributed by atoms with Gasteiger partial charge in [-0.3, -0.25) is 0 Å². The number of benzene rings is 1. The molecule has 0 aliphatic carbocycles. The average Bonchev–Trinajstić information content (AvgIpc) is 1.85. The second kappa shape index (κ2) is 4.00. The molecule has 0 spiro atoms. The van der Waals surface area contributed by atoms with Crippen molar-refractivity contribution in [2.75, 3.05) is 0 Å². The van der Waals surface area contributed by atoms with Crippen LogP contribution in [0.1, 0.15) is 6.92 Å². The van der Waals surface area contributed by atoms with Crippen LogP contribution in [0, 0.1) is 0 Å². The standard InChI is InChI=1S/C8H9ClOS/c1-6(10)11-8-4-2-3-7(9)5-8/h2-6,10H,1H3/t6-/m0/s1. The number of rotatable bonds is 2. The molecule has 1 atom stereocenters. The molecule has 0 bridgehead atoms. The maximum absolute atomic E-state index is 9.02. The summed E-state index contributed by atoms with van der Waals surface area (Å²) in [6, 6.07) is 7.43. The van der Waals surface area contributed by atoms with Gasteiger partial charge < -0.3 is 5.11 Å². The molecule has 0 saturated carbocycles. The summed E-state index contributed by atoms with van der Waals surface area (Å²) in [7, 11) is 0. The molecule has 0 saturated heterocycles. The zero-order valence-electron chi connectivity index (χ0n) is 6.12. The fourth-order valence-corrected chi connectivity index (χ4v) is 1.74. The van der Waals surface area contributed by atoms with E-state index in [2.05, 4.69) is 0 Å². The Kier molecular flexibility index (Phi) is 3.24. The van der Waals surface area contributed by atoms with Gasteiger partial charge in [-0.25, -0.2) is 0 Å². The Labute approximate surface area is 75.4 Å². The van der Waals surface area contributed by atoms with E-state index in [1.807, 2.05) is 24.3 Å². The van der Waals surface area contributed by atoms with Gasteiger partial charge in [-0.1, -0.05) is 29.4 Å². The Morgan fingerprint density at radius 2 is 2.27 bits per heavy atom. The highest BCUT2D eigenvalue weighted by molar-refractivity contribution is 7.99. The molecule has 0 aliphatic rings. The molecule has 1 aromatic carbocycles. The van der Waals surface area contributed by atoms with Crippen molar-refractivity contribution in [1.82, 2.24) is 0 Å². The fraction of sp³-hybridized carbons (Fsp3) is 0.250. The van der Waals surface area contributed by atoms with E-state index in [-0.39, 0.29) is 5.44 Å². The van der Waals surface area contributed by atoms with Crippen LogP contribution in [0.3, 0.4) is 0 Å². The van der Waals surface area contributed by atoms with Crippen LogP contribution in [-0.2, 0) is 0 Å². The van der Waals surface area contributed by atoms with Crippen LogP contribution in [0.4, 0.5) is 0 Å². The van der Waals surface area contributed by atoms with Crippen molar-refractivity contribution >= 4 is 23.4 Å². The van der Waals surface area contributed by atoms with E-state index in [9.17, 15) is 0 Å². The first kappa shape index (κ1) is 8.91. The molecule has 1 aromatic rings. The zero-order valence-corrected chi connectivity index (χ0v) is 7.69. The molecule has 60 valence electrons. The van der Waals surface area contributed by atoms with Crippen LogP contribution in [-0.4, -0.2) is 10.5 Å². The molecule has 1 N–H and O–H groups in total. The lowest BCUT2D eigenvalue weighted by Gasteiger charge is -2.02. The van der Waals surface area contributed by atoms with Crippen molar-refractivity contribution in [1.29, 1.82) is 0 Å². The lowest BCUT2D eigenvalue weighted by molar-refractivity contribution is 0.284. The minimum atomic E-state index is -0.381. The highest BCUT2D eigenvalue weighted by Gasteiger charge is 1.98. The van der Waals surface area contributed by atoms with Crippen LogP contribution in [0.15, 0.2) is 29.2 Å². The van der Waals surface area contributed by atoms with Gasteiger partial charge >= 0.3 is 0 Å². The topological polar surface area (TPSA) is 20.2 Å². The molecular formula is C8H9ClOS. The van der Waals surface area contributed by atoms with Crippen LogP contribution in [0.25, 0.3) is 0 Å². The Bertz CT molecular complexity index is 237. The van der Waals surface area contributed by atoms with E-state index in [4.69, 9.17) is 16.7 Å². The number of thioether (sulfide) groups is 1. The molecular weight excluding hydrogens is 180 g/mol. The summed E-state index contributed by atoms with van der Waals surface area (Å²) < 4.78 is 0. The molecule has 0 radical (unpaired) electrons. The second-order valence-electron chi connectivity index (χ2n) is 2.17. The Morgan fingerprint density at radius 1 is 1.55 bits per heavy atom. The molecule has 3 heteroatoms. The largest absolute Gasteiger partial charge is 0.382 e. The first-order valence-corrected chi connectivity index (χ1v) is 4.54. The molecule has 0 aliphatic heterocycles. The summed E-state index contributed by atoms with van der Waals surface area (Å²) in [6.07, 6.45) is 0. The molecule has 0 unspecified atom stereocenters. The van der Waals surface area contributed by atoms with Gasteiger partial charge in [-0.05, 0) is 25.1 Å². The summed E-state index contributed by atoms with van der Waals surface area (Å²) in [6.45, 7) is 1.73. The number of halogens is 1. The predicted molar refractivity (Wildman–Crippen MR) is 49.0 cm³/mol. The summed E-state index contributed by atoms with van der Waals surface area (Å²) in [5.74, 6) is 0. The highest BCUT2D eigenvalue weighted by Crippen LogP contribution is 2.23. The van der Waals surface area contributed by atoms with Crippen molar-refractivity contribution in [3.63, 3.8) is 0 Å². The minimum Gasteiger partial charge on any atom is -0.382 e. The molecule has 0 aromatic heterocycles. The number of aliphatic hydroxyl groups excluding tert-OH is 1. The van der Waals surface area contributed by atoms with Gasteiger partial charge in [0.15, 0.2) is 0 Å². The Balaban J connectivity index is 2.71. The van der Waals surface area contributed by atoms with Crippen molar-refractivity contribution < 1.29 is 5.11 Å². The minimum absolute atomic E-state index is 0.381. The fourth-order valence-electron chi connectivity index (χ4n) is 0.737. The van der Waals surface area contributed by atoms with Crippen LogP contribution < -0.4 is 0 Å². The maximum Gasteiger partial charge on any atom is 0.101 e. The molecule has 0 heterocycles. The normalized spacial score (nSPS) is 13.0. The maximum atomic E-state index is 9.02. The van der Waals surface area contributed by atoms with E-state index < -0.39 is 0 Å². The van der Waals surface area contributed by atoms with Crippen molar-refractivity contribution in [2.45, 2.75) is 17.3 Å². The molecule has 1 nitrogen and oxygen atoms in total. The molecule has 0 fully saturated rings. The predicted octanol–water partition coefficient (Wildman–Crippen LogP) is 2.77. The van der Waals surface area contributed by atoms with E-state index in [1.54, 1.807) is 6.92 Å². The van der Waals surface area contributed by atoms with E-state index in [0.29, 0.717) is 5.02 Å². The SMILES string of the molecule is C[C@@H](O)Sc1cccc(Cl)c1. The third kappa shape index (κ3) is 3.14. The molecule has 1 rings (SSSR count).